The molecule has 20 heavy (non-hydrogen) atoms. The Morgan fingerprint density at radius 3 is 2.70 bits per heavy atom. The standard InChI is InChI=1S/C13H16F3N3O/c1-2-19-12-4-3-9(13(14,15)16)7-10(12)11(18-19)8-17-5-6-20/h3-4,7,17,20H,2,5-6,8H2,1H3. The van der Waals surface area contributed by atoms with Gasteiger partial charge in [-0.1, -0.05) is 0 Å². The first kappa shape index (κ1) is 14.8. The van der Waals surface area contributed by atoms with Crippen LogP contribution in [-0.2, 0) is 19.3 Å². The smallest absolute Gasteiger partial charge is 0.395 e. The Bertz CT molecular complexity index is 592. The summed E-state index contributed by atoms with van der Waals surface area (Å²) < 4.78 is 40.0. The topological polar surface area (TPSA) is 50.1 Å². The number of rotatable bonds is 5. The van der Waals surface area contributed by atoms with Crippen LogP contribution in [-0.4, -0.2) is 28.0 Å². The second-order valence-corrected chi connectivity index (χ2v) is 4.39. The van der Waals surface area contributed by atoms with E-state index in [1.165, 1.54) is 6.07 Å². The minimum absolute atomic E-state index is 0.0276. The molecule has 0 amide bonds. The number of aromatic nitrogens is 2. The van der Waals surface area contributed by atoms with Crippen molar-refractivity contribution in [3.8, 4) is 0 Å². The van der Waals surface area contributed by atoms with Gasteiger partial charge in [-0.25, -0.2) is 0 Å². The summed E-state index contributed by atoms with van der Waals surface area (Å²) in [5, 5.41) is 16.5. The lowest BCUT2D eigenvalue weighted by molar-refractivity contribution is -0.137. The molecule has 1 aromatic heterocycles. The number of halogens is 3. The second kappa shape index (κ2) is 5.80. The third-order valence-electron chi connectivity index (χ3n) is 3.03. The van der Waals surface area contributed by atoms with Crippen molar-refractivity contribution >= 4 is 10.9 Å². The van der Waals surface area contributed by atoms with Crippen LogP contribution in [0, 0.1) is 0 Å². The van der Waals surface area contributed by atoms with E-state index in [2.05, 4.69) is 10.4 Å². The van der Waals surface area contributed by atoms with E-state index in [0.29, 0.717) is 36.2 Å². The average molecular weight is 287 g/mol. The summed E-state index contributed by atoms with van der Waals surface area (Å²) in [6.45, 7) is 3.14. The van der Waals surface area contributed by atoms with Gasteiger partial charge < -0.3 is 10.4 Å². The minimum atomic E-state index is -4.36. The molecule has 0 unspecified atom stereocenters. The molecule has 0 spiro atoms. The number of fused-ring (bicyclic) bond motifs is 1. The van der Waals surface area contributed by atoms with E-state index >= 15 is 0 Å². The van der Waals surface area contributed by atoms with Gasteiger partial charge in [-0.05, 0) is 25.1 Å². The molecule has 0 radical (unpaired) electrons. The Balaban J connectivity index is 2.44. The predicted molar refractivity (Wildman–Crippen MR) is 69.2 cm³/mol. The Kier molecular flexibility index (Phi) is 4.29. The van der Waals surface area contributed by atoms with Crippen LogP contribution in [0.4, 0.5) is 13.2 Å². The zero-order valence-electron chi connectivity index (χ0n) is 11.0. The van der Waals surface area contributed by atoms with E-state index in [1.807, 2.05) is 6.92 Å². The number of aliphatic hydroxyl groups is 1. The van der Waals surface area contributed by atoms with E-state index < -0.39 is 11.7 Å². The summed E-state index contributed by atoms with van der Waals surface area (Å²) in [5.74, 6) is 0. The van der Waals surface area contributed by atoms with E-state index in [0.717, 1.165) is 12.1 Å². The van der Waals surface area contributed by atoms with Gasteiger partial charge in [-0.2, -0.15) is 18.3 Å². The van der Waals surface area contributed by atoms with Crippen molar-refractivity contribution < 1.29 is 18.3 Å². The number of hydrogen-bond donors (Lipinski definition) is 2. The molecule has 0 bridgehead atoms. The van der Waals surface area contributed by atoms with E-state index in [4.69, 9.17) is 5.11 Å². The summed E-state index contributed by atoms with van der Waals surface area (Å²) in [4.78, 5) is 0. The molecular weight excluding hydrogens is 271 g/mol. The summed E-state index contributed by atoms with van der Waals surface area (Å²) in [5.41, 5.74) is 0.562. The van der Waals surface area contributed by atoms with Gasteiger partial charge in [0.1, 0.15) is 0 Å². The highest BCUT2D eigenvalue weighted by Crippen LogP contribution is 2.32. The monoisotopic (exact) mass is 287 g/mol. The fraction of sp³-hybridized carbons (Fsp3) is 0.462. The number of nitrogens with one attached hydrogen (secondary N) is 1. The second-order valence-electron chi connectivity index (χ2n) is 4.39. The van der Waals surface area contributed by atoms with Crippen molar-refractivity contribution in [3.63, 3.8) is 0 Å². The fourth-order valence-corrected chi connectivity index (χ4v) is 2.08. The highest BCUT2D eigenvalue weighted by molar-refractivity contribution is 5.83. The van der Waals surface area contributed by atoms with Crippen LogP contribution in [0.2, 0.25) is 0 Å². The van der Waals surface area contributed by atoms with Gasteiger partial charge in [0.25, 0.3) is 0 Å². The normalized spacial score (nSPS) is 12.2. The molecule has 0 aliphatic carbocycles. The number of alkyl halides is 3. The lowest BCUT2D eigenvalue weighted by Gasteiger charge is -2.07. The van der Waals surface area contributed by atoms with Gasteiger partial charge in [-0.15, -0.1) is 0 Å². The van der Waals surface area contributed by atoms with Gasteiger partial charge >= 0.3 is 6.18 Å². The van der Waals surface area contributed by atoms with Gasteiger partial charge in [0.05, 0.1) is 23.4 Å². The number of hydrogen-bond acceptors (Lipinski definition) is 3. The maximum absolute atomic E-state index is 12.8. The SMILES string of the molecule is CCn1nc(CNCCO)c2cc(C(F)(F)F)ccc21. The Morgan fingerprint density at radius 1 is 1.35 bits per heavy atom. The largest absolute Gasteiger partial charge is 0.416 e. The summed E-state index contributed by atoms with van der Waals surface area (Å²) in [6.07, 6.45) is -4.36. The van der Waals surface area contributed by atoms with Gasteiger partial charge in [0, 0.05) is 25.0 Å². The lowest BCUT2D eigenvalue weighted by Crippen LogP contribution is -2.18. The summed E-state index contributed by atoms with van der Waals surface area (Å²) >= 11 is 0. The minimum Gasteiger partial charge on any atom is -0.395 e. The van der Waals surface area contributed by atoms with Crippen molar-refractivity contribution in [2.24, 2.45) is 0 Å². The first-order valence-corrected chi connectivity index (χ1v) is 6.35. The maximum atomic E-state index is 12.8. The van der Waals surface area contributed by atoms with Crippen molar-refractivity contribution in [3.05, 3.63) is 29.5 Å². The third kappa shape index (κ3) is 2.94. The number of nitrogens with zero attached hydrogens (tertiary/aromatic N) is 2. The Morgan fingerprint density at radius 2 is 2.10 bits per heavy atom. The molecule has 0 fully saturated rings. The van der Waals surface area contributed by atoms with Crippen molar-refractivity contribution in [2.45, 2.75) is 26.2 Å². The summed E-state index contributed by atoms with van der Waals surface area (Å²) in [6, 6.07) is 3.65. The van der Waals surface area contributed by atoms with Gasteiger partial charge in [0.2, 0.25) is 0 Å². The van der Waals surface area contributed by atoms with Crippen LogP contribution in [0.1, 0.15) is 18.2 Å². The average Bonchev–Trinajstić information content (AvgIpc) is 2.76. The van der Waals surface area contributed by atoms with Crippen LogP contribution in [0.5, 0.6) is 0 Å². The first-order valence-electron chi connectivity index (χ1n) is 6.35. The molecule has 2 N–H and O–H groups in total. The van der Waals surface area contributed by atoms with Crippen LogP contribution in [0.25, 0.3) is 10.9 Å². The quantitative estimate of drug-likeness (QED) is 0.829. The predicted octanol–water partition coefficient (Wildman–Crippen LogP) is 2.16. The third-order valence-corrected chi connectivity index (χ3v) is 3.03. The molecule has 0 aliphatic rings. The lowest BCUT2D eigenvalue weighted by atomic mass is 10.1. The Labute approximate surface area is 114 Å². The Hall–Kier alpha value is -1.60. The zero-order valence-corrected chi connectivity index (χ0v) is 11.0. The van der Waals surface area contributed by atoms with E-state index in [1.54, 1.807) is 4.68 Å². The molecule has 0 atom stereocenters. The van der Waals surface area contributed by atoms with Crippen LogP contribution in [0.15, 0.2) is 18.2 Å². The fourth-order valence-electron chi connectivity index (χ4n) is 2.08. The highest BCUT2D eigenvalue weighted by Gasteiger charge is 2.31. The van der Waals surface area contributed by atoms with Crippen molar-refractivity contribution in [1.29, 1.82) is 0 Å². The molecule has 110 valence electrons. The summed E-state index contributed by atoms with van der Waals surface area (Å²) in [7, 11) is 0. The van der Waals surface area contributed by atoms with Gasteiger partial charge in [-0.3, -0.25) is 4.68 Å². The molecule has 7 heteroatoms. The zero-order chi connectivity index (χ0) is 14.8. The molecule has 2 aromatic rings. The molecule has 0 saturated carbocycles. The van der Waals surface area contributed by atoms with Crippen LogP contribution >= 0.6 is 0 Å². The van der Waals surface area contributed by atoms with Gasteiger partial charge in [0.15, 0.2) is 0 Å². The van der Waals surface area contributed by atoms with Crippen LogP contribution < -0.4 is 5.32 Å². The molecule has 0 saturated heterocycles. The molecular formula is C13H16F3N3O. The van der Waals surface area contributed by atoms with Crippen molar-refractivity contribution in [1.82, 2.24) is 15.1 Å². The molecule has 4 nitrogen and oxygen atoms in total. The maximum Gasteiger partial charge on any atom is 0.416 e. The van der Waals surface area contributed by atoms with Crippen molar-refractivity contribution in [2.75, 3.05) is 13.2 Å². The number of benzene rings is 1. The van der Waals surface area contributed by atoms with E-state index in [9.17, 15) is 13.2 Å². The molecule has 0 aliphatic heterocycles. The number of aryl methyl sites for hydroxylation is 1. The first-order chi connectivity index (χ1) is 9.47. The molecule has 1 aromatic carbocycles. The van der Waals surface area contributed by atoms with Crippen LogP contribution in [0.3, 0.4) is 0 Å². The number of aliphatic hydroxyl groups excluding tert-OH is 1. The molecule has 1 heterocycles. The highest BCUT2D eigenvalue weighted by atomic mass is 19.4. The molecule has 2 rings (SSSR count). The van der Waals surface area contributed by atoms with E-state index in [-0.39, 0.29) is 6.61 Å².